The lowest BCUT2D eigenvalue weighted by molar-refractivity contribution is 0.0516. The maximum absolute atomic E-state index is 5.66. The van der Waals surface area contributed by atoms with E-state index in [1.807, 2.05) is 48.7 Å². The van der Waals surface area contributed by atoms with Crippen LogP contribution in [0.15, 0.2) is 72.9 Å². The second kappa shape index (κ2) is 6.83. The van der Waals surface area contributed by atoms with Gasteiger partial charge in [0.05, 0.1) is 0 Å². The van der Waals surface area contributed by atoms with Gasteiger partial charge in [-0.25, -0.2) is 0 Å². The van der Waals surface area contributed by atoms with Crippen LogP contribution in [0.3, 0.4) is 0 Å². The second-order valence-corrected chi connectivity index (χ2v) is 4.75. The van der Waals surface area contributed by atoms with E-state index in [-0.39, 0.29) is 6.79 Å². The molecule has 0 spiro atoms. The summed E-state index contributed by atoms with van der Waals surface area (Å²) in [5.41, 5.74) is 2.11. The van der Waals surface area contributed by atoms with Crippen molar-refractivity contribution in [3.05, 3.63) is 72.9 Å². The van der Waals surface area contributed by atoms with Gasteiger partial charge in [-0.05, 0) is 24.3 Å². The predicted molar refractivity (Wildman–Crippen MR) is 88.0 cm³/mol. The number of hydrogen-bond donors (Lipinski definition) is 1. The van der Waals surface area contributed by atoms with Gasteiger partial charge in [0.25, 0.3) is 0 Å². The maximum Gasteiger partial charge on any atom is 0.188 e. The van der Waals surface area contributed by atoms with E-state index in [9.17, 15) is 0 Å². The summed E-state index contributed by atoms with van der Waals surface area (Å²) in [6.45, 7) is 0.211. The van der Waals surface area contributed by atoms with Crippen LogP contribution in [0.2, 0.25) is 0 Å². The Morgan fingerprint density at radius 3 is 2.00 bits per heavy atom. The molecule has 4 heteroatoms. The molecule has 0 aliphatic carbocycles. The molecular formula is C18H18N2O2. The van der Waals surface area contributed by atoms with Crippen molar-refractivity contribution in [2.75, 3.05) is 18.8 Å². The fourth-order valence-electron chi connectivity index (χ4n) is 2.32. The second-order valence-electron chi connectivity index (χ2n) is 4.75. The monoisotopic (exact) mass is 294 g/mol. The lowest BCUT2D eigenvalue weighted by Crippen LogP contribution is -2.12. The van der Waals surface area contributed by atoms with Gasteiger partial charge >= 0.3 is 0 Å². The quantitative estimate of drug-likeness (QED) is 0.682. The van der Waals surface area contributed by atoms with Crippen molar-refractivity contribution in [2.45, 2.75) is 0 Å². The number of aromatic amines is 1. The zero-order chi connectivity index (χ0) is 15.2. The standard InChI is InChI=1S/C18H18N2O2/c1-21-14-22-17-12-13-19-18(17)20(15-8-4-2-5-9-15)16-10-6-3-7-11-16/h2-13,19H,14H2,1H3. The predicted octanol–water partition coefficient (Wildman–Crippen LogP) is 4.47. The molecule has 0 aliphatic rings. The van der Waals surface area contributed by atoms with Gasteiger partial charge in [-0.2, -0.15) is 0 Å². The van der Waals surface area contributed by atoms with Gasteiger partial charge in [-0.15, -0.1) is 0 Å². The third-order valence-electron chi connectivity index (χ3n) is 3.27. The van der Waals surface area contributed by atoms with Crippen molar-refractivity contribution in [1.82, 2.24) is 4.98 Å². The van der Waals surface area contributed by atoms with Gasteiger partial charge in [0.2, 0.25) is 0 Å². The van der Waals surface area contributed by atoms with Crippen molar-refractivity contribution in [1.29, 1.82) is 0 Å². The Kier molecular flexibility index (Phi) is 4.41. The average Bonchev–Trinajstić information content (AvgIpc) is 3.03. The Morgan fingerprint density at radius 1 is 0.864 bits per heavy atom. The smallest absolute Gasteiger partial charge is 0.188 e. The summed E-state index contributed by atoms with van der Waals surface area (Å²) in [6.07, 6.45) is 1.86. The van der Waals surface area contributed by atoms with E-state index in [2.05, 4.69) is 34.1 Å². The van der Waals surface area contributed by atoms with Crippen LogP contribution in [0, 0.1) is 0 Å². The topological polar surface area (TPSA) is 37.5 Å². The molecule has 4 nitrogen and oxygen atoms in total. The molecule has 0 saturated heterocycles. The lowest BCUT2D eigenvalue weighted by Gasteiger charge is -2.24. The number of para-hydroxylation sites is 2. The van der Waals surface area contributed by atoms with E-state index in [0.29, 0.717) is 0 Å². The molecule has 112 valence electrons. The molecule has 0 bridgehead atoms. The molecule has 0 aliphatic heterocycles. The van der Waals surface area contributed by atoms with Crippen molar-refractivity contribution >= 4 is 17.2 Å². The highest BCUT2D eigenvalue weighted by Gasteiger charge is 2.17. The SMILES string of the molecule is COCOc1cc[nH]c1N(c1ccccc1)c1ccccc1. The summed E-state index contributed by atoms with van der Waals surface area (Å²) in [5, 5.41) is 0. The molecule has 0 saturated carbocycles. The largest absolute Gasteiger partial charge is 0.464 e. The number of rotatable bonds is 6. The highest BCUT2D eigenvalue weighted by Crippen LogP contribution is 2.38. The molecule has 1 N–H and O–H groups in total. The van der Waals surface area contributed by atoms with Crippen molar-refractivity contribution < 1.29 is 9.47 Å². The summed E-state index contributed by atoms with van der Waals surface area (Å²) < 4.78 is 10.7. The molecule has 0 unspecified atom stereocenters. The fraction of sp³-hybridized carbons (Fsp3) is 0.111. The molecule has 0 atom stereocenters. The molecule has 0 radical (unpaired) electrons. The molecule has 1 heterocycles. The Morgan fingerprint density at radius 2 is 1.45 bits per heavy atom. The normalized spacial score (nSPS) is 10.4. The number of nitrogens with one attached hydrogen (secondary N) is 1. The summed E-state index contributed by atoms with van der Waals surface area (Å²) in [5.74, 6) is 1.61. The molecule has 3 rings (SSSR count). The van der Waals surface area contributed by atoms with Gasteiger partial charge in [0, 0.05) is 30.7 Å². The first-order valence-corrected chi connectivity index (χ1v) is 7.09. The minimum absolute atomic E-state index is 0.211. The first-order chi connectivity index (χ1) is 10.9. The highest BCUT2D eigenvalue weighted by atomic mass is 16.7. The third-order valence-corrected chi connectivity index (χ3v) is 3.27. The number of methoxy groups -OCH3 is 1. The first-order valence-electron chi connectivity index (χ1n) is 7.09. The molecule has 3 aromatic rings. The molecule has 0 fully saturated rings. The Balaban J connectivity index is 2.05. The molecule has 22 heavy (non-hydrogen) atoms. The minimum atomic E-state index is 0.211. The number of benzene rings is 2. The zero-order valence-electron chi connectivity index (χ0n) is 12.4. The van der Waals surface area contributed by atoms with Gasteiger partial charge in [-0.3, -0.25) is 4.90 Å². The fourth-order valence-corrected chi connectivity index (χ4v) is 2.32. The molecular weight excluding hydrogens is 276 g/mol. The number of H-pyrrole nitrogens is 1. The van der Waals surface area contributed by atoms with Gasteiger partial charge in [-0.1, -0.05) is 36.4 Å². The van der Waals surface area contributed by atoms with Crippen LogP contribution >= 0.6 is 0 Å². The Hall–Kier alpha value is -2.72. The van der Waals surface area contributed by atoms with E-state index in [1.165, 1.54) is 0 Å². The van der Waals surface area contributed by atoms with Gasteiger partial charge in [0.15, 0.2) is 18.4 Å². The Labute approximate surface area is 129 Å². The van der Waals surface area contributed by atoms with Crippen LogP contribution in [0.1, 0.15) is 0 Å². The van der Waals surface area contributed by atoms with E-state index in [1.54, 1.807) is 7.11 Å². The van der Waals surface area contributed by atoms with E-state index < -0.39 is 0 Å². The summed E-state index contributed by atoms with van der Waals surface area (Å²) in [7, 11) is 1.61. The van der Waals surface area contributed by atoms with Crippen molar-refractivity contribution in [3.63, 3.8) is 0 Å². The van der Waals surface area contributed by atoms with E-state index in [0.717, 1.165) is 22.9 Å². The maximum atomic E-state index is 5.66. The van der Waals surface area contributed by atoms with Crippen LogP contribution in [0.25, 0.3) is 0 Å². The first kappa shape index (κ1) is 14.2. The summed E-state index contributed by atoms with van der Waals surface area (Å²) in [6, 6.07) is 22.2. The van der Waals surface area contributed by atoms with Crippen molar-refractivity contribution in [2.24, 2.45) is 0 Å². The summed E-state index contributed by atoms with van der Waals surface area (Å²) >= 11 is 0. The minimum Gasteiger partial charge on any atom is -0.464 e. The van der Waals surface area contributed by atoms with Crippen molar-refractivity contribution in [3.8, 4) is 5.75 Å². The number of anilines is 3. The number of ether oxygens (including phenoxy) is 2. The Bertz CT molecular complexity index is 656. The number of aromatic nitrogens is 1. The summed E-state index contributed by atoms with van der Waals surface area (Å²) in [4.78, 5) is 5.37. The van der Waals surface area contributed by atoms with Crippen LogP contribution in [0.5, 0.6) is 5.75 Å². The van der Waals surface area contributed by atoms with E-state index in [4.69, 9.17) is 9.47 Å². The van der Waals surface area contributed by atoms with Crippen LogP contribution in [-0.2, 0) is 4.74 Å². The third kappa shape index (κ3) is 2.97. The molecule has 0 amide bonds. The zero-order valence-corrected chi connectivity index (χ0v) is 12.4. The average molecular weight is 294 g/mol. The molecule has 1 aromatic heterocycles. The lowest BCUT2D eigenvalue weighted by atomic mass is 10.2. The highest BCUT2D eigenvalue weighted by molar-refractivity contribution is 5.77. The van der Waals surface area contributed by atoms with E-state index >= 15 is 0 Å². The molecule has 2 aromatic carbocycles. The van der Waals surface area contributed by atoms with Crippen LogP contribution < -0.4 is 9.64 Å². The van der Waals surface area contributed by atoms with Gasteiger partial charge in [0.1, 0.15) is 0 Å². The number of nitrogens with zero attached hydrogens (tertiary/aromatic N) is 1. The van der Waals surface area contributed by atoms with Gasteiger partial charge < -0.3 is 14.5 Å². The number of hydrogen-bond acceptors (Lipinski definition) is 3. The van der Waals surface area contributed by atoms with Crippen LogP contribution in [-0.4, -0.2) is 18.9 Å². The van der Waals surface area contributed by atoms with Crippen LogP contribution in [0.4, 0.5) is 17.2 Å².